The largest absolute Gasteiger partial charge is 0.748 e. The van der Waals surface area contributed by atoms with Crippen LogP contribution >= 0.6 is 11.3 Å². The summed E-state index contributed by atoms with van der Waals surface area (Å²) in [4.78, 5) is 16.7. The average molecular weight is 530 g/mol. The minimum atomic E-state index is -4.38. The van der Waals surface area contributed by atoms with Gasteiger partial charge in [-0.05, 0) is 50.6 Å². The van der Waals surface area contributed by atoms with Crippen molar-refractivity contribution in [2.45, 2.75) is 26.8 Å². The monoisotopic (exact) mass is 529 g/mol. The minimum Gasteiger partial charge on any atom is -0.748 e. The second-order valence-electron chi connectivity index (χ2n) is 8.48. The van der Waals surface area contributed by atoms with Crippen molar-refractivity contribution in [1.82, 2.24) is 4.98 Å². The number of carboxylic acids is 1. The lowest BCUT2D eigenvalue weighted by molar-refractivity contribution is -0.659. The molecule has 12 heteroatoms. The van der Waals surface area contributed by atoms with Gasteiger partial charge in [0.15, 0.2) is 17.3 Å². The second kappa shape index (κ2) is 9.12. The van der Waals surface area contributed by atoms with Gasteiger partial charge < -0.3 is 23.7 Å². The maximum absolute atomic E-state index is 11.6. The molecule has 5 rings (SSSR count). The number of ether oxygens (including phenoxy) is 1. The van der Waals surface area contributed by atoms with Gasteiger partial charge in [0.25, 0.3) is 5.65 Å². The van der Waals surface area contributed by atoms with Crippen LogP contribution in [0.1, 0.15) is 22.7 Å². The number of aliphatic carboxylic acids is 1. The Morgan fingerprint density at radius 3 is 2.81 bits per heavy atom. The Bertz CT molecular complexity index is 1600. The number of nitrogens with zero attached hydrogens (tertiary/aromatic N) is 2. The van der Waals surface area contributed by atoms with E-state index in [1.165, 1.54) is 11.3 Å². The molecule has 10 nitrogen and oxygen atoms in total. The van der Waals surface area contributed by atoms with E-state index >= 15 is 0 Å². The summed E-state index contributed by atoms with van der Waals surface area (Å²) in [7, 11) is -4.38. The standard InChI is InChI=1S/C24H23N3O7S2/c1-14-15(2)25-24-23(14)35-21(27(24)13-22(28)29)12-20-26(8-4-10-36(30,31)32)17-11-16(6-7-19(17)34-20)18-5-3-9-33-18/h3,5-7,9,11-12,25H,4,8,10,13H2,1-2H3,(H-,28,29,30,31,32). The van der Waals surface area contributed by atoms with E-state index in [0.717, 1.165) is 21.5 Å². The van der Waals surface area contributed by atoms with Crippen LogP contribution in [0.5, 0.6) is 5.75 Å². The molecule has 0 aliphatic carbocycles. The van der Waals surface area contributed by atoms with Crippen LogP contribution in [0, 0.1) is 13.8 Å². The molecular weight excluding hydrogens is 506 g/mol. The van der Waals surface area contributed by atoms with Crippen molar-refractivity contribution in [3.8, 4) is 17.1 Å². The van der Waals surface area contributed by atoms with Gasteiger partial charge in [0, 0.05) is 23.4 Å². The van der Waals surface area contributed by atoms with Crippen LogP contribution in [0.25, 0.3) is 27.7 Å². The van der Waals surface area contributed by atoms with E-state index < -0.39 is 21.8 Å². The van der Waals surface area contributed by atoms with Crippen LogP contribution in [-0.2, 0) is 21.5 Å². The van der Waals surface area contributed by atoms with Crippen LogP contribution in [-0.4, -0.2) is 41.3 Å². The zero-order valence-corrected chi connectivity index (χ0v) is 21.1. The highest BCUT2D eigenvalue weighted by Gasteiger charge is 2.30. The zero-order chi connectivity index (χ0) is 25.6. The third-order valence-electron chi connectivity index (χ3n) is 6.02. The summed E-state index contributed by atoms with van der Waals surface area (Å²) in [5.41, 5.74) is 4.21. The Hall–Kier alpha value is -3.61. The second-order valence-corrected chi connectivity index (χ2v) is 11.0. The summed E-state index contributed by atoms with van der Waals surface area (Å²) in [6.45, 7) is 3.87. The first kappa shape index (κ1) is 24.1. The van der Waals surface area contributed by atoms with Crippen molar-refractivity contribution in [1.29, 1.82) is 0 Å². The number of hydrogen-bond acceptors (Lipinski definition) is 8. The summed E-state index contributed by atoms with van der Waals surface area (Å²) in [6, 6.07) is 9.13. The maximum Gasteiger partial charge on any atom is 0.346 e. The first-order valence-corrected chi connectivity index (χ1v) is 13.5. The number of nitrogens with one attached hydrogen (secondary N) is 1. The lowest BCUT2D eigenvalue weighted by atomic mass is 10.1. The van der Waals surface area contributed by atoms with Crippen molar-refractivity contribution < 1.29 is 36.6 Å². The average Bonchev–Trinajstić information content (AvgIpc) is 3.56. The SMILES string of the molecule is Cc1[nH]c2c(sc(C=C3Oc4ccc(-c5ccco5)cc4N3CCCS(=O)(=O)[O-])[n+]2CC(=O)O)c1C. The Morgan fingerprint density at radius 2 is 2.11 bits per heavy atom. The number of H-pyrrole nitrogens is 1. The number of fused-ring (bicyclic) bond motifs is 2. The quantitative estimate of drug-likeness (QED) is 0.261. The van der Waals surface area contributed by atoms with Gasteiger partial charge in [-0.25, -0.2) is 22.8 Å². The molecule has 0 unspecified atom stereocenters. The number of aromatic amines is 1. The number of thiazole rings is 1. The molecule has 0 atom stereocenters. The molecule has 0 saturated heterocycles. The fourth-order valence-electron chi connectivity index (χ4n) is 4.20. The maximum atomic E-state index is 11.6. The number of carbonyl (C=O) groups is 1. The van der Waals surface area contributed by atoms with Crippen LogP contribution in [0.15, 0.2) is 46.9 Å². The molecule has 0 radical (unpaired) electrons. The van der Waals surface area contributed by atoms with Gasteiger partial charge in [0.2, 0.25) is 5.88 Å². The van der Waals surface area contributed by atoms with E-state index in [-0.39, 0.29) is 19.5 Å². The van der Waals surface area contributed by atoms with E-state index in [1.54, 1.807) is 33.9 Å². The number of anilines is 1. The van der Waals surface area contributed by atoms with Gasteiger partial charge in [-0.15, -0.1) is 0 Å². The fourth-order valence-corrected chi connectivity index (χ4v) is 5.88. The van der Waals surface area contributed by atoms with Crippen LogP contribution in [0.3, 0.4) is 0 Å². The number of hydrogen-bond donors (Lipinski definition) is 2. The van der Waals surface area contributed by atoms with Gasteiger partial charge in [0.05, 0.1) is 28.1 Å². The number of aromatic nitrogens is 2. The number of rotatable bonds is 8. The van der Waals surface area contributed by atoms with E-state index in [4.69, 9.17) is 9.15 Å². The number of furan rings is 1. The molecule has 3 aromatic heterocycles. The molecule has 1 aromatic carbocycles. The van der Waals surface area contributed by atoms with E-state index in [9.17, 15) is 22.9 Å². The van der Waals surface area contributed by atoms with Gasteiger partial charge >= 0.3 is 5.97 Å². The Labute approximate surface area is 210 Å². The fraction of sp³-hybridized carbons (Fsp3) is 0.250. The predicted octanol–water partition coefficient (Wildman–Crippen LogP) is 3.61. The number of carboxylic acid groups (broad SMARTS) is 1. The highest BCUT2D eigenvalue weighted by molar-refractivity contribution is 7.85. The number of aryl methyl sites for hydroxylation is 2. The smallest absolute Gasteiger partial charge is 0.346 e. The van der Waals surface area contributed by atoms with Crippen molar-refractivity contribution in [3.05, 3.63) is 58.7 Å². The molecule has 4 aromatic rings. The summed E-state index contributed by atoms with van der Waals surface area (Å²) in [5.74, 6) is 0.127. The third-order valence-corrected chi connectivity index (χ3v) is 8.06. The van der Waals surface area contributed by atoms with Gasteiger partial charge in [0.1, 0.15) is 16.2 Å². The molecule has 188 valence electrons. The molecule has 0 saturated carbocycles. The summed E-state index contributed by atoms with van der Waals surface area (Å²) >= 11 is 1.43. The van der Waals surface area contributed by atoms with Crippen LogP contribution in [0.2, 0.25) is 0 Å². The van der Waals surface area contributed by atoms with Gasteiger partial charge in [-0.3, -0.25) is 0 Å². The van der Waals surface area contributed by atoms with Crippen molar-refractivity contribution in [3.63, 3.8) is 0 Å². The molecule has 0 fully saturated rings. The molecular formula is C24H23N3O7S2. The Balaban J connectivity index is 1.58. The van der Waals surface area contributed by atoms with Crippen LogP contribution < -0.4 is 14.2 Å². The molecule has 0 spiro atoms. The van der Waals surface area contributed by atoms with Gasteiger partial charge in [-0.1, -0.05) is 11.3 Å². The molecule has 0 bridgehead atoms. The normalized spacial score (nSPS) is 14.5. The Morgan fingerprint density at radius 1 is 1.31 bits per heavy atom. The molecule has 1 aliphatic rings. The molecule has 1 aliphatic heterocycles. The Kier molecular flexibility index (Phi) is 6.10. The highest BCUT2D eigenvalue weighted by Crippen LogP contribution is 2.42. The molecule has 4 heterocycles. The highest BCUT2D eigenvalue weighted by atomic mass is 32.2. The summed E-state index contributed by atoms with van der Waals surface area (Å²) in [5, 5.41) is 10.2. The first-order chi connectivity index (χ1) is 17.1. The molecule has 36 heavy (non-hydrogen) atoms. The van der Waals surface area contributed by atoms with E-state index in [0.29, 0.717) is 33.7 Å². The van der Waals surface area contributed by atoms with Crippen molar-refractivity contribution >= 4 is 49.5 Å². The zero-order valence-electron chi connectivity index (χ0n) is 19.5. The summed E-state index contributed by atoms with van der Waals surface area (Å²) < 4.78 is 47.9. The van der Waals surface area contributed by atoms with Gasteiger partial charge in [-0.2, -0.15) is 0 Å². The van der Waals surface area contributed by atoms with Crippen LogP contribution in [0.4, 0.5) is 5.69 Å². The van der Waals surface area contributed by atoms with Crippen molar-refractivity contribution in [2.75, 3.05) is 17.2 Å². The molecule has 2 N–H and O–H groups in total. The van der Waals surface area contributed by atoms with E-state index in [1.807, 2.05) is 32.0 Å². The first-order valence-electron chi connectivity index (χ1n) is 11.1. The lowest BCUT2D eigenvalue weighted by Gasteiger charge is -2.19. The van der Waals surface area contributed by atoms with Crippen molar-refractivity contribution in [2.24, 2.45) is 0 Å². The predicted molar refractivity (Wildman–Crippen MR) is 133 cm³/mol. The number of benzene rings is 1. The topological polar surface area (TPSA) is 140 Å². The minimum absolute atomic E-state index is 0.0929. The summed E-state index contributed by atoms with van der Waals surface area (Å²) in [6.07, 6.45) is 3.41. The molecule has 0 amide bonds. The lowest BCUT2D eigenvalue weighted by Crippen LogP contribution is -2.39. The third kappa shape index (κ3) is 4.62. The van der Waals surface area contributed by atoms with E-state index in [2.05, 4.69) is 4.98 Å².